The molecule has 1 heterocycles. The van der Waals surface area contributed by atoms with Crippen LogP contribution in [0.4, 0.5) is 23.7 Å². The van der Waals surface area contributed by atoms with Crippen LogP contribution in [-0.2, 0) is 19.3 Å². The summed E-state index contributed by atoms with van der Waals surface area (Å²) in [6.45, 7) is 0.784. The fourth-order valence-corrected chi connectivity index (χ4v) is 2.77. The highest BCUT2D eigenvalue weighted by atomic mass is 35.5. The van der Waals surface area contributed by atoms with E-state index in [1.165, 1.54) is 0 Å². The number of imidazole rings is 1. The zero-order chi connectivity index (χ0) is 20.1. The van der Waals surface area contributed by atoms with Gasteiger partial charge >= 0.3 is 12.2 Å². The first-order valence-electron chi connectivity index (χ1n) is 8.27. The van der Waals surface area contributed by atoms with Crippen LogP contribution in [0.2, 0.25) is 5.02 Å². The van der Waals surface area contributed by atoms with Gasteiger partial charge in [0, 0.05) is 25.5 Å². The normalized spacial score (nSPS) is 11.3. The predicted molar refractivity (Wildman–Crippen MR) is 100 cm³/mol. The van der Waals surface area contributed by atoms with Gasteiger partial charge in [0.05, 0.1) is 22.6 Å². The lowest BCUT2D eigenvalue weighted by Crippen LogP contribution is -2.29. The second-order valence-electron chi connectivity index (χ2n) is 6.00. The molecule has 0 spiro atoms. The van der Waals surface area contributed by atoms with Gasteiger partial charge in [-0.2, -0.15) is 13.2 Å². The van der Waals surface area contributed by atoms with Gasteiger partial charge < -0.3 is 15.2 Å². The van der Waals surface area contributed by atoms with Crippen molar-refractivity contribution in [2.45, 2.75) is 19.3 Å². The first-order chi connectivity index (χ1) is 13.3. The molecule has 0 fully saturated rings. The summed E-state index contributed by atoms with van der Waals surface area (Å²) in [5.74, 6) is 0. The fourth-order valence-electron chi connectivity index (χ4n) is 2.60. The monoisotopic (exact) mass is 408 g/mol. The topological polar surface area (TPSA) is 59.0 Å². The van der Waals surface area contributed by atoms with Gasteiger partial charge in [-0.25, -0.2) is 9.78 Å². The number of benzene rings is 2. The van der Waals surface area contributed by atoms with Crippen molar-refractivity contribution < 1.29 is 18.0 Å². The van der Waals surface area contributed by atoms with Crippen LogP contribution in [0.3, 0.4) is 0 Å². The molecular formula is C19H16ClF3N4O. The molecule has 9 heteroatoms. The molecule has 0 saturated heterocycles. The summed E-state index contributed by atoms with van der Waals surface area (Å²) < 4.78 is 40.4. The molecule has 2 N–H and O–H groups in total. The Balaban J connectivity index is 1.66. The van der Waals surface area contributed by atoms with Gasteiger partial charge in [-0.3, -0.25) is 0 Å². The first-order valence-corrected chi connectivity index (χ1v) is 8.65. The summed E-state index contributed by atoms with van der Waals surface area (Å²) in [7, 11) is 0. The maximum absolute atomic E-state index is 12.8. The maximum atomic E-state index is 12.8. The van der Waals surface area contributed by atoms with E-state index >= 15 is 0 Å². The Morgan fingerprint density at radius 3 is 2.57 bits per heavy atom. The van der Waals surface area contributed by atoms with Crippen LogP contribution in [-0.4, -0.2) is 15.6 Å². The van der Waals surface area contributed by atoms with Crippen molar-refractivity contribution in [3.63, 3.8) is 0 Å². The number of aromatic nitrogens is 2. The van der Waals surface area contributed by atoms with Crippen LogP contribution in [0, 0.1) is 0 Å². The summed E-state index contributed by atoms with van der Waals surface area (Å²) in [6.07, 6.45) is 0.663. The lowest BCUT2D eigenvalue weighted by atomic mass is 10.1. The number of nitrogens with zero attached hydrogens (tertiary/aromatic N) is 2. The highest BCUT2D eigenvalue weighted by Crippen LogP contribution is 2.33. The average Bonchev–Trinajstić information content (AvgIpc) is 3.15. The first kappa shape index (κ1) is 19.8. The summed E-state index contributed by atoms with van der Waals surface area (Å²) in [4.78, 5) is 16.1. The Morgan fingerprint density at radius 1 is 1.14 bits per heavy atom. The summed E-state index contributed by atoms with van der Waals surface area (Å²) >= 11 is 5.89. The number of amides is 2. The third-order valence-corrected chi connectivity index (χ3v) is 4.34. The third-order valence-electron chi connectivity index (χ3n) is 4.01. The molecule has 146 valence electrons. The predicted octanol–water partition coefficient (Wildman–Crippen LogP) is 4.93. The maximum Gasteiger partial charge on any atom is 0.416 e. The summed E-state index contributed by atoms with van der Waals surface area (Å²) in [5.41, 5.74) is 0.859. The van der Waals surface area contributed by atoms with Gasteiger partial charge in [0.2, 0.25) is 0 Å². The minimum atomic E-state index is -4.52. The van der Waals surface area contributed by atoms with E-state index in [-0.39, 0.29) is 17.3 Å². The molecular weight excluding hydrogens is 393 g/mol. The second-order valence-corrected chi connectivity index (χ2v) is 6.41. The van der Waals surface area contributed by atoms with Gasteiger partial charge in [-0.1, -0.05) is 35.9 Å². The van der Waals surface area contributed by atoms with E-state index in [1.54, 1.807) is 12.5 Å². The molecule has 28 heavy (non-hydrogen) atoms. The molecule has 0 aliphatic carbocycles. The summed E-state index contributed by atoms with van der Waals surface area (Å²) in [5, 5.41) is 5.02. The van der Waals surface area contributed by atoms with Crippen molar-refractivity contribution >= 4 is 23.3 Å². The van der Waals surface area contributed by atoms with Crippen LogP contribution in [0.1, 0.15) is 16.7 Å². The van der Waals surface area contributed by atoms with Crippen LogP contribution in [0.5, 0.6) is 0 Å². The zero-order valence-corrected chi connectivity index (χ0v) is 15.3. The number of alkyl halides is 3. The quantitative estimate of drug-likeness (QED) is 0.629. The summed E-state index contributed by atoms with van der Waals surface area (Å²) in [6, 6.07) is 9.63. The molecule has 3 aromatic rings. The van der Waals surface area contributed by atoms with Crippen molar-refractivity contribution in [2.75, 3.05) is 5.32 Å². The van der Waals surface area contributed by atoms with Crippen LogP contribution < -0.4 is 10.6 Å². The van der Waals surface area contributed by atoms with E-state index in [2.05, 4.69) is 15.6 Å². The number of hydrogen-bond donors (Lipinski definition) is 2. The molecule has 1 aromatic heterocycles. The van der Waals surface area contributed by atoms with Gasteiger partial charge in [0.25, 0.3) is 0 Å². The van der Waals surface area contributed by atoms with Crippen molar-refractivity contribution in [2.24, 2.45) is 0 Å². The van der Waals surface area contributed by atoms with Crippen molar-refractivity contribution in [3.05, 3.63) is 82.9 Å². The number of rotatable bonds is 5. The van der Waals surface area contributed by atoms with Crippen LogP contribution in [0.15, 0.2) is 61.2 Å². The highest BCUT2D eigenvalue weighted by molar-refractivity contribution is 6.33. The number of anilines is 1. The minimum Gasteiger partial charge on any atom is -0.334 e. The number of hydrogen-bond acceptors (Lipinski definition) is 2. The van der Waals surface area contributed by atoms with Crippen LogP contribution >= 0.6 is 11.6 Å². The number of carbonyl (C=O) groups excluding carboxylic acids is 1. The molecule has 0 bridgehead atoms. The SMILES string of the molecule is O=C(NCc1ccccc1Cn1ccnc1)Nc1cc(C(F)(F)F)ccc1Cl. The highest BCUT2D eigenvalue weighted by Gasteiger charge is 2.31. The molecule has 0 atom stereocenters. The number of nitrogens with one attached hydrogen (secondary N) is 2. The Labute approximate surface area is 164 Å². The van der Waals surface area contributed by atoms with E-state index in [0.29, 0.717) is 6.54 Å². The zero-order valence-electron chi connectivity index (χ0n) is 14.5. The van der Waals surface area contributed by atoms with Gasteiger partial charge in [-0.05, 0) is 29.3 Å². The van der Waals surface area contributed by atoms with E-state index in [1.807, 2.05) is 35.0 Å². The number of carbonyl (C=O) groups is 1. The lowest BCUT2D eigenvalue weighted by Gasteiger charge is -2.14. The lowest BCUT2D eigenvalue weighted by molar-refractivity contribution is -0.137. The van der Waals surface area contributed by atoms with Crippen LogP contribution in [0.25, 0.3) is 0 Å². The third kappa shape index (κ3) is 5.04. The van der Waals surface area contributed by atoms with Gasteiger partial charge in [0.1, 0.15) is 0 Å². The van der Waals surface area contributed by atoms with Gasteiger partial charge in [-0.15, -0.1) is 0 Å². The molecule has 0 saturated carbocycles. The molecule has 0 aliphatic rings. The van der Waals surface area contributed by atoms with E-state index < -0.39 is 17.8 Å². The van der Waals surface area contributed by atoms with E-state index in [9.17, 15) is 18.0 Å². The molecule has 2 aromatic carbocycles. The largest absolute Gasteiger partial charge is 0.416 e. The second kappa shape index (κ2) is 8.35. The van der Waals surface area contributed by atoms with Gasteiger partial charge in [0.15, 0.2) is 0 Å². The smallest absolute Gasteiger partial charge is 0.334 e. The molecule has 0 aliphatic heterocycles. The Bertz CT molecular complexity index is 958. The Morgan fingerprint density at radius 2 is 1.89 bits per heavy atom. The fraction of sp³-hybridized carbons (Fsp3) is 0.158. The Hall–Kier alpha value is -3.00. The minimum absolute atomic E-state index is 0.0173. The molecule has 2 amide bonds. The van der Waals surface area contributed by atoms with E-state index in [4.69, 9.17) is 11.6 Å². The van der Waals surface area contributed by atoms with E-state index in [0.717, 1.165) is 29.3 Å². The van der Waals surface area contributed by atoms with Crippen molar-refractivity contribution in [1.82, 2.24) is 14.9 Å². The standard InChI is InChI=1S/C19H16ClF3N4O/c20-16-6-5-15(19(21,22)23)9-17(16)26-18(28)25-10-13-3-1-2-4-14(13)11-27-8-7-24-12-27/h1-9,12H,10-11H2,(H2,25,26,28). The van der Waals surface area contributed by atoms with Crippen molar-refractivity contribution in [1.29, 1.82) is 0 Å². The molecule has 0 radical (unpaired) electrons. The average molecular weight is 409 g/mol. The number of halogens is 4. The number of urea groups is 1. The van der Waals surface area contributed by atoms with Crippen molar-refractivity contribution in [3.8, 4) is 0 Å². The molecule has 0 unspecified atom stereocenters. The molecule has 3 rings (SSSR count). The molecule has 5 nitrogen and oxygen atoms in total. The Kier molecular flexibility index (Phi) is 5.89.